The van der Waals surface area contributed by atoms with Crippen LogP contribution in [0.2, 0.25) is 0 Å². The van der Waals surface area contributed by atoms with Gasteiger partial charge in [-0.05, 0) is 25.1 Å². The molecule has 0 amide bonds. The van der Waals surface area contributed by atoms with Gasteiger partial charge in [-0.1, -0.05) is 11.3 Å². The second kappa shape index (κ2) is 6.29. The Morgan fingerprint density at radius 2 is 2.26 bits per heavy atom. The predicted octanol–water partition coefficient (Wildman–Crippen LogP) is 1.40. The molecule has 0 aliphatic carbocycles. The van der Waals surface area contributed by atoms with Crippen molar-refractivity contribution in [2.45, 2.75) is 20.0 Å². The number of rotatable bonds is 6. The summed E-state index contributed by atoms with van der Waals surface area (Å²) in [5, 5.41) is 8.08. The van der Waals surface area contributed by atoms with Crippen LogP contribution < -0.4 is 10.6 Å². The summed E-state index contributed by atoms with van der Waals surface area (Å²) < 4.78 is 15.0. The molecule has 2 aromatic rings. The van der Waals surface area contributed by atoms with E-state index >= 15 is 0 Å². The van der Waals surface area contributed by atoms with Crippen molar-refractivity contribution < 1.29 is 4.39 Å². The Bertz CT molecular complexity index is 525. The Morgan fingerprint density at radius 3 is 2.95 bits per heavy atom. The third kappa shape index (κ3) is 3.51. The number of benzene rings is 1. The molecular weight excluding hydrogens is 245 g/mol. The van der Waals surface area contributed by atoms with Gasteiger partial charge in [0.05, 0.1) is 19.3 Å². The van der Waals surface area contributed by atoms with Crippen molar-refractivity contribution in [1.29, 1.82) is 0 Å². The van der Waals surface area contributed by atoms with Gasteiger partial charge in [-0.2, -0.15) is 0 Å². The first-order valence-electron chi connectivity index (χ1n) is 6.32. The molecule has 0 fully saturated rings. The van der Waals surface area contributed by atoms with Crippen LogP contribution in [0.1, 0.15) is 12.6 Å². The highest BCUT2D eigenvalue weighted by atomic mass is 19.1. The molecule has 5 nitrogen and oxygen atoms in total. The van der Waals surface area contributed by atoms with Crippen LogP contribution in [-0.4, -0.2) is 28.1 Å². The predicted molar refractivity (Wildman–Crippen MR) is 72.2 cm³/mol. The second-order valence-corrected chi connectivity index (χ2v) is 4.26. The van der Waals surface area contributed by atoms with Crippen LogP contribution in [0, 0.1) is 5.82 Å². The average molecular weight is 263 g/mol. The summed E-state index contributed by atoms with van der Waals surface area (Å²) in [5.74, 6) is -0.234. The standard InChI is InChI=1S/C13H18FN5/c1-2-18(13-5-3-4-11(14)8-13)9-12-10-19(7-6-15)17-16-12/h3-5,8,10H,2,6-7,9,15H2,1H3. The van der Waals surface area contributed by atoms with Crippen LogP contribution >= 0.6 is 0 Å². The molecule has 0 aliphatic heterocycles. The van der Waals surface area contributed by atoms with Gasteiger partial charge in [0.2, 0.25) is 0 Å². The van der Waals surface area contributed by atoms with Crippen molar-refractivity contribution in [3.8, 4) is 0 Å². The number of nitrogens with zero attached hydrogens (tertiary/aromatic N) is 4. The van der Waals surface area contributed by atoms with Gasteiger partial charge in [-0.3, -0.25) is 4.68 Å². The number of hydrogen-bond donors (Lipinski definition) is 1. The lowest BCUT2D eigenvalue weighted by Gasteiger charge is -2.21. The number of nitrogens with two attached hydrogens (primary N) is 1. The highest BCUT2D eigenvalue weighted by molar-refractivity contribution is 5.46. The van der Waals surface area contributed by atoms with E-state index in [4.69, 9.17) is 5.73 Å². The number of hydrogen-bond acceptors (Lipinski definition) is 4. The molecule has 1 aromatic heterocycles. The van der Waals surface area contributed by atoms with Gasteiger partial charge in [-0.15, -0.1) is 5.10 Å². The minimum absolute atomic E-state index is 0.234. The summed E-state index contributed by atoms with van der Waals surface area (Å²) in [4.78, 5) is 2.04. The van der Waals surface area contributed by atoms with Gasteiger partial charge < -0.3 is 10.6 Å². The average Bonchev–Trinajstić information content (AvgIpc) is 2.84. The maximum absolute atomic E-state index is 13.2. The summed E-state index contributed by atoms with van der Waals surface area (Å²) in [6, 6.07) is 6.55. The fourth-order valence-electron chi connectivity index (χ4n) is 1.91. The zero-order valence-corrected chi connectivity index (χ0v) is 11.0. The molecule has 1 heterocycles. The Morgan fingerprint density at radius 1 is 1.42 bits per heavy atom. The zero-order valence-electron chi connectivity index (χ0n) is 11.0. The van der Waals surface area contributed by atoms with Gasteiger partial charge in [0, 0.05) is 18.8 Å². The van der Waals surface area contributed by atoms with E-state index in [1.54, 1.807) is 10.7 Å². The SMILES string of the molecule is CCN(Cc1cn(CCN)nn1)c1cccc(F)c1. The van der Waals surface area contributed by atoms with Crippen molar-refractivity contribution in [2.24, 2.45) is 5.73 Å². The zero-order chi connectivity index (χ0) is 13.7. The first-order chi connectivity index (χ1) is 9.22. The van der Waals surface area contributed by atoms with E-state index in [0.717, 1.165) is 17.9 Å². The van der Waals surface area contributed by atoms with Crippen molar-refractivity contribution in [3.63, 3.8) is 0 Å². The van der Waals surface area contributed by atoms with Gasteiger partial charge >= 0.3 is 0 Å². The lowest BCUT2D eigenvalue weighted by atomic mass is 10.2. The molecule has 1 aromatic carbocycles. The molecule has 0 saturated heterocycles. The van der Waals surface area contributed by atoms with Crippen LogP contribution in [0.15, 0.2) is 30.5 Å². The molecule has 0 unspecified atom stereocenters. The van der Waals surface area contributed by atoms with E-state index in [0.29, 0.717) is 19.6 Å². The summed E-state index contributed by atoms with van der Waals surface area (Å²) in [7, 11) is 0. The van der Waals surface area contributed by atoms with Crippen LogP contribution in [0.3, 0.4) is 0 Å². The molecule has 0 spiro atoms. The quantitative estimate of drug-likeness (QED) is 0.856. The molecule has 19 heavy (non-hydrogen) atoms. The maximum atomic E-state index is 13.2. The monoisotopic (exact) mass is 263 g/mol. The van der Waals surface area contributed by atoms with Crippen LogP contribution in [0.4, 0.5) is 10.1 Å². The summed E-state index contributed by atoms with van der Waals surface area (Å²) in [6.45, 7) is 4.58. The summed E-state index contributed by atoms with van der Waals surface area (Å²) in [6.07, 6.45) is 1.87. The first-order valence-corrected chi connectivity index (χ1v) is 6.32. The Labute approximate surface area is 111 Å². The molecule has 2 rings (SSSR count). The summed E-state index contributed by atoms with van der Waals surface area (Å²) in [5.41, 5.74) is 7.15. The first kappa shape index (κ1) is 13.5. The van der Waals surface area contributed by atoms with Crippen molar-refractivity contribution in [3.05, 3.63) is 42.0 Å². The Kier molecular flexibility index (Phi) is 4.46. The number of halogens is 1. The maximum Gasteiger partial charge on any atom is 0.125 e. The third-order valence-corrected chi connectivity index (χ3v) is 2.85. The van der Waals surface area contributed by atoms with E-state index < -0.39 is 0 Å². The second-order valence-electron chi connectivity index (χ2n) is 4.26. The fourth-order valence-corrected chi connectivity index (χ4v) is 1.91. The molecule has 0 radical (unpaired) electrons. The molecule has 0 aliphatic rings. The van der Waals surface area contributed by atoms with E-state index in [9.17, 15) is 4.39 Å². The lowest BCUT2D eigenvalue weighted by Crippen LogP contribution is -2.22. The molecule has 102 valence electrons. The minimum atomic E-state index is -0.234. The number of anilines is 1. The largest absolute Gasteiger partial charge is 0.366 e. The molecular formula is C13H18FN5. The molecule has 0 bridgehead atoms. The lowest BCUT2D eigenvalue weighted by molar-refractivity contribution is 0.598. The van der Waals surface area contributed by atoms with Gasteiger partial charge in [0.25, 0.3) is 0 Å². The van der Waals surface area contributed by atoms with E-state index in [-0.39, 0.29) is 5.82 Å². The van der Waals surface area contributed by atoms with E-state index in [1.165, 1.54) is 12.1 Å². The highest BCUT2D eigenvalue weighted by Crippen LogP contribution is 2.17. The van der Waals surface area contributed by atoms with E-state index in [2.05, 4.69) is 10.3 Å². The molecule has 2 N–H and O–H groups in total. The van der Waals surface area contributed by atoms with Crippen molar-refractivity contribution >= 4 is 5.69 Å². The van der Waals surface area contributed by atoms with Crippen molar-refractivity contribution in [2.75, 3.05) is 18.0 Å². The normalized spacial score (nSPS) is 10.7. The smallest absolute Gasteiger partial charge is 0.125 e. The van der Waals surface area contributed by atoms with Gasteiger partial charge in [-0.25, -0.2) is 4.39 Å². The molecule has 6 heteroatoms. The van der Waals surface area contributed by atoms with Gasteiger partial charge in [0.15, 0.2) is 0 Å². The van der Waals surface area contributed by atoms with E-state index in [1.807, 2.05) is 24.1 Å². The highest BCUT2D eigenvalue weighted by Gasteiger charge is 2.09. The third-order valence-electron chi connectivity index (χ3n) is 2.85. The topological polar surface area (TPSA) is 60.0 Å². The Hall–Kier alpha value is -1.95. The Balaban J connectivity index is 2.09. The van der Waals surface area contributed by atoms with Gasteiger partial charge in [0.1, 0.15) is 11.5 Å². The van der Waals surface area contributed by atoms with Crippen molar-refractivity contribution in [1.82, 2.24) is 15.0 Å². The number of aromatic nitrogens is 3. The summed E-state index contributed by atoms with van der Waals surface area (Å²) >= 11 is 0. The minimum Gasteiger partial charge on any atom is -0.366 e. The van der Waals surface area contributed by atoms with Crippen LogP contribution in [-0.2, 0) is 13.1 Å². The van der Waals surface area contributed by atoms with Crippen LogP contribution in [0.25, 0.3) is 0 Å². The fraction of sp³-hybridized carbons (Fsp3) is 0.385. The van der Waals surface area contributed by atoms with Crippen LogP contribution in [0.5, 0.6) is 0 Å². The molecule has 0 saturated carbocycles. The molecule has 0 atom stereocenters.